The van der Waals surface area contributed by atoms with E-state index in [1.54, 1.807) is 0 Å². The number of nitrogens with one attached hydrogen (secondary N) is 1. The minimum absolute atomic E-state index is 0.538. The molecule has 0 saturated carbocycles. The summed E-state index contributed by atoms with van der Waals surface area (Å²) in [6.07, 6.45) is 0. The van der Waals surface area contributed by atoms with Crippen LogP contribution >= 0.6 is 0 Å². The van der Waals surface area contributed by atoms with E-state index in [0.29, 0.717) is 5.82 Å². The first-order valence-corrected chi connectivity index (χ1v) is 7.05. The molecule has 0 spiro atoms. The second kappa shape index (κ2) is 5.09. The van der Waals surface area contributed by atoms with E-state index in [1.165, 1.54) is 16.7 Å². The van der Waals surface area contributed by atoms with Gasteiger partial charge in [0, 0.05) is 5.56 Å². The van der Waals surface area contributed by atoms with Crippen molar-refractivity contribution in [1.29, 1.82) is 0 Å². The van der Waals surface area contributed by atoms with Crippen molar-refractivity contribution in [3.8, 4) is 22.4 Å². The Hall–Kier alpha value is -2.55. The van der Waals surface area contributed by atoms with Gasteiger partial charge in [0.05, 0.1) is 11.3 Å². The first-order chi connectivity index (χ1) is 10.1. The van der Waals surface area contributed by atoms with Crippen LogP contribution in [0.25, 0.3) is 22.4 Å². The van der Waals surface area contributed by atoms with E-state index in [4.69, 9.17) is 5.73 Å². The van der Waals surface area contributed by atoms with Crippen molar-refractivity contribution >= 4 is 5.82 Å². The smallest absolute Gasteiger partial charge is 0.153 e. The summed E-state index contributed by atoms with van der Waals surface area (Å²) in [6.45, 7) is 6.29. The summed E-state index contributed by atoms with van der Waals surface area (Å²) in [5.74, 6) is 0.538. The van der Waals surface area contributed by atoms with Gasteiger partial charge in [0.15, 0.2) is 5.82 Å². The first-order valence-electron chi connectivity index (χ1n) is 7.05. The number of hydrogen-bond acceptors (Lipinski definition) is 2. The van der Waals surface area contributed by atoms with Crippen molar-refractivity contribution in [1.82, 2.24) is 10.2 Å². The van der Waals surface area contributed by atoms with Crippen LogP contribution in [0.3, 0.4) is 0 Å². The molecule has 3 aromatic rings. The lowest BCUT2D eigenvalue weighted by molar-refractivity contribution is 1.10. The van der Waals surface area contributed by atoms with Crippen molar-refractivity contribution in [3.05, 3.63) is 59.2 Å². The van der Waals surface area contributed by atoms with Crippen LogP contribution in [0, 0.1) is 20.8 Å². The molecular formula is C18H19N3. The van der Waals surface area contributed by atoms with E-state index < -0.39 is 0 Å². The van der Waals surface area contributed by atoms with Gasteiger partial charge < -0.3 is 5.73 Å². The Kier molecular flexibility index (Phi) is 3.26. The Morgan fingerprint density at radius 2 is 1.71 bits per heavy atom. The topological polar surface area (TPSA) is 54.7 Å². The third-order valence-corrected chi connectivity index (χ3v) is 3.75. The zero-order valence-corrected chi connectivity index (χ0v) is 12.6. The molecule has 0 bridgehead atoms. The molecule has 3 N–H and O–H groups in total. The molecule has 0 unspecified atom stereocenters. The average molecular weight is 277 g/mol. The number of hydrogen-bond donors (Lipinski definition) is 2. The summed E-state index contributed by atoms with van der Waals surface area (Å²) in [5, 5.41) is 7.31. The minimum Gasteiger partial charge on any atom is -0.382 e. The maximum absolute atomic E-state index is 6.10. The van der Waals surface area contributed by atoms with E-state index >= 15 is 0 Å². The third kappa shape index (κ3) is 2.42. The number of nitrogen functional groups attached to an aromatic ring is 1. The summed E-state index contributed by atoms with van der Waals surface area (Å²) in [4.78, 5) is 0. The first kappa shape index (κ1) is 13.4. The number of aromatic amines is 1. The lowest BCUT2D eigenvalue weighted by atomic mass is 9.96. The fourth-order valence-corrected chi connectivity index (χ4v) is 2.74. The molecule has 3 rings (SSSR count). The summed E-state index contributed by atoms with van der Waals surface area (Å²) >= 11 is 0. The molecule has 0 amide bonds. The molecule has 1 heterocycles. The lowest BCUT2D eigenvalue weighted by Crippen LogP contribution is -1.91. The fourth-order valence-electron chi connectivity index (χ4n) is 2.74. The summed E-state index contributed by atoms with van der Waals surface area (Å²) in [7, 11) is 0. The van der Waals surface area contributed by atoms with Crippen molar-refractivity contribution in [2.45, 2.75) is 20.8 Å². The van der Waals surface area contributed by atoms with Crippen LogP contribution in [-0.4, -0.2) is 10.2 Å². The monoisotopic (exact) mass is 277 g/mol. The Morgan fingerprint density at radius 3 is 2.43 bits per heavy atom. The van der Waals surface area contributed by atoms with Crippen LogP contribution in [0.15, 0.2) is 42.5 Å². The maximum Gasteiger partial charge on any atom is 0.153 e. The fraction of sp³-hybridized carbons (Fsp3) is 0.167. The highest BCUT2D eigenvalue weighted by atomic mass is 15.2. The highest BCUT2D eigenvalue weighted by Crippen LogP contribution is 2.36. The Balaban J connectivity index is 2.22. The summed E-state index contributed by atoms with van der Waals surface area (Å²) in [5.41, 5.74) is 14.0. The highest BCUT2D eigenvalue weighted by molar-refractivity contribution is 5.88. The van der Waals surface area contributed by atoms with Gasteiger partial charge >= 0.3 is 0 Å². The predicted octanol–water partition coefficient (Wildman–Crippen LogP) is 4.25. The number of H-pyrrole nitrogens is 1. The quantitative estimate of drug-likeness (QED) is 0.735. The number of anilines is 1. The van der Waals surface area contributed by atoms with Gasteiger partial charge in [0.2, 0.25) is 0 Å². The lowest BCUT2D eigenvalue weighted by Gasteiger charge is -2.09. The molecule has 0 aliphatic carbocycles. The number of nitrogens with zero attached hydrogens (tertiary/aromatic N) is 1. The second-order valence-electron chi connectivity index (χ2n) is 5.55. The van der Waals surface area contributed by atoms with Gasteiger partial charge in [-0.1, -0.05) is 53.6 Å². The van der Waals surface area contributed by atoms with Crippen LogP contribution in [0.2, 0.25) is 0 Å². The standard InChI is InChI=1S/C18H19N3/c1-11-5-4-6-14(10-11)16-17(20-21-18(16)19)15-8-7-12(2)9-13(15)3/h4-10H,1-3H3,(H3,19,20,21). The van der Waals surface area contributed by atoms with Crippen LogP contribution in [0.4, 0.5) is 5.82 Å². The molecule has 2 aromatic carbocycles. The van der Waals surface area contributed by atoms with Crippen molar-refractivity contribution in [2.24, 2.45) is 0 Å². The third-order valence-electron chi connectivity index (χ3n) is 3.75. The van der Waals surface area contributed by atoms with Crippen LogP contribution < -0.4 is 5.73 Å². The van der Waals surface area contributed by atoms with E-state index in [0.717, 1.165) is 22.4 Å². The molecule has 21 heavy (non-hydrogen) atoms. The van der Waals surface area contributed by atoms with Crippen LogP contribution in [0.5, 0.6) is 0 Å². The molecule has 1 aromatic heterocycles. The molecule has 0 fully saturated rings. The van der Waals surface area contributed by atoms with Gasteiger partial charge in [-0.3, -0.25) is 5.10 Å². The van der Waals surface area contributed by atoms with Gasteiger partial charge in [-0.25, -0.2) is 0 Å². The van der Waals surface area contributed by atoms with E-state index in [2.05, 4.69) is 67.4 Å². The minimum atomic E-state index is 0.538. The van der Waals surface area contributed by atoms with Gasteiger partial charge in [-0.2, -0.15) is 5.10 Å². The predicted molar refractivity (Wildman–Crippen MR) is 88.1 cm³/mol. The summed E-state index contributed by atoms with van der Waals surface area (Å²) in [6, 6.07) is 14.7. The number of aryl methyl sites for hydroxylation is 3. The van der Waals surface area contributed by atoms with E-state index in [9.17, 15) is 0 Å². The molecule has 0 radical (unpaired) electrons. The number of benzene rings is 2. The Labute approximate surface area is 124 Å². The molecule has 0 aliphatic rings. The van der Waals surface area contributed by atoms with E-state index in [1.807, 2.05) is 6.07 Å². The number of rotatable bonds is 2. The SMILES string of the molecule is Cc1cccc(-c2c(N)n[nH]c2-c2ccc(C)cc2C)c1. The highest BCUT2D eigenvalue weighted by Gasteiger charge is 2.16. The average Bonchev–Trinajstić information content (AvgIpc) is 2.80. The van der Waals surface area contributed by atoms with Crippen molar-refractivity contribution < 1.29 is 0 Å². The van der Waals surface area contributed by atoms with Gasteiger partial charge in [0.1, 0.15) is 0 Å². The molecular weight excluding hydrogens is 258 g/mol. The molecule has 0 saturated heterocycles. The number of nitrogens with two attached hydrogens (primary N) is 1. The molecule has 0 atom stereocenters. The van der Waals surface area contributed by atoms with Gasteiger partial charge in [-0.15, -0.1) is 0 Å². The van der Waals surface area contributed by atoms with Gasteiger partial charge in [-0.05, 0) is 31.9 Å². The van der Waals surface area contributed by atoms with Crippen molar-refractivity contribution in [2.75, 3.05) is 5.73 Å². The maximum atomic E-state index is 6.10. The molecule has 106 valence electrons. The summed E-state index contributed by atoms with van der Waals surface area (Å²) < 4.78 is 0. The molecule has 3 nitrogen and oxygen atoms in total. The van der Waals surface area contributed by atoms with Crippen LogP contribution in [0.1, 0.15) is 16.7 Å². The van der Waals surface area contributed by atoms with Crippen LogP contribution in [-0.2, 0) is 0 Å². The second-order valence-corrected chi connectivity index (χ2v) is 5.55. The number of aromatic nitrogens is 2. The zero-order chi connectivity index (χ0) is 15.0. The normalized spacial score (nSPS) is 10.8. The molecule has 3 heteroatoms. The Morgan fingerprint density at radius 1 is 0.952 bits per heavy atom. The Bertz CT molecular complexity index is 800. The van der Waals surface area contributed by atoms with Crippen molar-refractivity contribution in [3.63, 3.8) is 0 Å². The van der Waals surface area contributed by atoms with E-state index in [-0.39, 0.29) is 0 Å². The molecule has 0 aliphatic heterocycles. The largest absolute Gasteiger partial charge is 0.382 e. The van der Waals surface area contributed by atoms with Gasteiger partial charge in [0.25, 0.3) is 0 Å². The zero-order valence-electron chi connectivity index (χ0n) is 12.6.